The maximum Gasteiger partial charge on any atom is 0.269 e. The first-order valence-electron chi connectivity index (χ1n) is 6.25. The minimum Gasteiger partial charge on any atom is -0.381 e. The van der Waals surface area contributed by atoms with Crippen LogP contribution in [-0.2, 0) is 13.0 Å². The minimum absolute atomic E-state index is 0.126. The van der Waals surface area contributed by atoms with Crippen molar-refractivity contribution in [2.45, 2.75) is 19.9 Å². The molecule has 0 aromatic heterocycles. The molecule has 0 aliphatic carbocycles. The predicted octanol–water partition coefficient (Wildman–Crippen LogP) is 3.77. The molecule has 4 nitrogen and oxygen atoms in total. The number of nitrogens with one attached hydrogen (secondary N) is 1. The standard InChI is InChI=1S/C15H16N2O2/c1-2-12-6-8-14(9-7-12)16-11-13-4-3-5-15(10-13)17(18)19/h3-10,16H,2,11H2,1H3. The summed E-state index contributed by atoms with van der Waals surface area (Å²) in [5.41, 5.74) is 3.33. The van der Waals surface area contributed by atoms with Crippen LogP contribution in [0.25, 0.3) is 0 Å². The van der Waals surface area contributed by atoms with Gasteiger partial charge in [0, 0.05) is 24.4 Å². The molecule has 0 bridgehead atoms. The van der Waals surface area contributed by atoms with E-state index in [1.54, 1.807) is 12.1 Å². The summed E-state index contributed by atoms with van der Waals surface area (Å²) in [4.78, 5) is 10.3. The molecule has 98 valence electrons. The van der Waals surface area contributed by atoms with E-state index in [1.165, 1.54) is 11.6 Å². The smallest absolute Gasteiger partial charge is 0.269 e. The third-order valence-electron chi connectivity index (χ3n) is 2.98. The van der Waals surface area contributed by atoms with E-state index in [0.717, 1.165) is 17.7 Å². The van der Waals surface area contributed by atoms with Crippen molar-refractivity contribution < 1.29 is 4.92 Å². The molecule has 0 fully saturated rings. The van der Waals surface area contributed by atoms with E-state index in [-0.39, 0.29) is 10.6 Å². The number of benzene rings is 2. The lowest BCUT2D eigenvalue weighted by Gasteiger charge is -2.07. The van der Waals surface area contributed by atoms with E-state index in [1.807, 2.05) is 18.2 Å². The van der Waals surface area contributed by atoms with Gasteiger partial charge < -0.3 is 5.32 Å². The van der Waals surface area contributed by atoms with Crippen LogP contribution in [0, 0.1) is 10.1 Å². The molecular weight excluding hydrogens is 240 g/mol. The van der Waals surface area contributed by atoms with E-state index < -0.39 is 0 Å². The lowest BCUT2D eigenvalue weighted by atomic mass is 10.1. The quantitative estimate of drug-likeness (QED) is 0.654. The van der Waals surface area contributed by atoms with Gasteiger partial charge in [0.15, 0.2) is 0 Å². The summed E-state index contributed by atoms with van der Waals surface area (Å²) in [5, 5.41) is 13.9. The molecule has 0 radical (unpaired) electrons. The van der Waals surface area contributed by atoms with Crippen LogP contribution in [0.3, 0.4) is 0 Å². The van der Waals surface area contributed by atoms with E-state index in [2.05, 4.69) is 24.4 Å². The number of nitro groups is 1. The number of hydrogen-bond donors (Lipinski definition) is 1. The highest BCUT2D eigenvalue weighted by Crippen LogP contribution is 2.15. The highest BCUT2D eigenvalue weighted by Gasteiger charge is 2.05. The fourth-order valence-corrected chi connectivity index (χ4v) is 1.84. The van der Waals surface area contributed by atoms with E-state index in [4.69, 9.17) is 0 Å². The molecule has 2 aromatic rings. The zero-order chi connectivity index (χ0) is 13.7. The molecule has 0 aliphatic heterocycles. The Labute approximate surface area is 112 Å². The van der Waals surface area contributed by atoms with Gasteiger partial charge in [0.2, 0.25) is 0 Å². The van der Waals surface area contributed by atoms with Crippen molar-refractivity contribution in [2.24, 2.45) is 0 Å². The van der Waals surface area contributed by atoms with Gasteiger partial charge in [0.05, 0.1) is 4.92 Å². The summed E-state index contributed by atoms with van der Waals surface area (Å²) < 4.78 is 0. The van der Waals surface area contributed by atoms with Gasteiger partial charge in [-0.05, 0) is 29.7 Å². The number of rotatable bonds is 5. The maximum atomic E-state index is 10.7. The largest absolute Gasteiger partial charge is 0.381 e. The van der Waals surface area contributed by atoms with Gasteiger partial charge in [-0.2, -0.15) is 0 Å². The Morgan fingerprint density at radius 3 is 2.47 bits per heavy atom. The number of hydrogen-bond acceptors (Lipinski definition) is 3. The van der Waals surface area contributed by atoms with Crippen molar-refractivity contribution in [3.63, 3.8) is 0 Å². The number of aryl methyl sites for hydroxylation is 1. The van der Waals surface area contributed by atoms with Crippen LogP contribution < -0.4 is 5.32 Å². The molecule has 0 amide bonds. The lowest BCUT2D eigenvalue weighted by molar-refractivity contribution is -0.384. The molecule has 0 saturated carbocycles. The van der Waals surface area contributed by atoms with Crippen LogP contribution in [0.1, 0.15) is 18.1 Å². The third-order valence-corrected chi connectivity index (χ3v) is 2.98. The van der Waals surface area contributed by atoms with E-state index >= 15 is 0 Å². The zero-order valence-corrected chi connectivity index (χ0v) is 10.8. The van der Waals surface area contributed by atoms with Crippen molar-refractivity contribution in [1.82, 2.24) is 0 Å². The zero-order valence-electron chi connectivity index (χ0n) is 10.8. The van der Waals surface area contributed by atoms with E-state index in [9.17, 15) is 10.1 Å². The van der Waals surface area contributed by atoms with Crippen LogP contribution >= 0.6 is 0 Å². The summed E-state index contributed by atoms with van der Waals surface area (Å²) in [6.07, 6.45) is 1.02. The van der Waals surface area contributed by atoms with Gasteiger partial charge in [-0.15, -0.1) is 0 Å². The molecule has 2 rings (SSSR count). The second kappa shape index (κ2) is 6.00. The fourth-order valence-electron chi connectivity index (χ4n) is 1.84. The normalized spacial score (nSPS) is 10.2. The number of nitro benzene ring substituents is 1. The number of anilines is 1. The molecule has 0 atom stereocenters. The molecule has 0 saturated heterocycles. The molecule has 1 N–H and O–H groups in total. The molecule has 2 aromatic carbocycles. The lowest BCUT2D eigenvalue weighted by Crippen LogP contribution is -2.00. The molecule has 0 unspecified atom stereocenters. The molecular formula is C15H16N2O2. The molecule has 4 heteroatoms. The average molecular weight is 256 g/mol. The second-order valence-electron chi connectivity index (χ2n) is 4.33. The average Bonchev–Trinajstić information content (AvgIpc) is 2.46. The van der Waals surface area contributed by atoms with Crippen molar-refractivity contribution in [2.75, 3.05) is 5.32 Å². The Hall–Kier alpha value is -2.36. The van der Waals surface area contributed by atoms with Crippen LogP contribution in [0.5, 0.6) is 0 Å². The first-order valence-corrected chi connectivity index (χ1v) is 6.25. The van der Waals surface area contributed by atoms with Crippen LogP contribution in [-0.4, -0.2) is 4.92 Å². The summed E-state index contributed by atoms with van der Waals surface area (Å²) in [6, 6.07) is 14.9. The molecule has 19 heavy (non-hydrogen) atoms. The predicted molar refractivity (Wildman–Crippen MR) is 76.2 cm³/mol. The van der Waals surface area contributed by atoms with Crippen molar-refractivity contribution in [3.8, 4) is 0 Å². The van der Waals surface area contributed by atoms with Crippen molar-refractivity contribution >= 4 is 11.4 Å². The van der Waals surface area contributed by atoms with Gasteiger partial charge in [0.25, 0.3) is 5.69 Å². The Kier molecular flexibility index (Phi) is 4.13. The highest BCUT2D eigenvalue weighted by atomic mass is 16.6. The van der Waals surface area contributed by atoms with Crippen molar-refractivity contribution in [3.05, 3.63) is 69.8 Å². The Bertz CT molecular complexity index is 565. The highest BCUT2D eigenvalue weighted by molar-refractivity contribution is 5.46. The summed E-state index contributed by atoms with van der Waals surface area (Å²) in [7, 11) is 0. The third kappa shape index (κ3) is 3.55. The number of non-ortho nitro benzene ring substituents is 1. The Morgan fingerprint density at radius 2 is 1.84 bits per heavy atom. The van der Waals surface area contributed by atoms with Gasteiger partial charge in [-0.1, -0.05) is 31.2 Å². The monoisotopic (exact) mass is 256 g/mol. The molecule has 0 heterocycles. The van der Waals surface area contributed by atoms with Crippen LogP contribution in [0.4, 0.5) is 11.4 Å². The van der Waals surface area contributed by atoms with Gasteiger partial charge in [-0.25, -0.2) is 0 Å². The SMILES string of the molecule is CCc1ccc(NCc2cccc([N+](=O)[O-])c2)cc1. The Balaban J connectivity index is 2.01. The summed E-state index contributed by atoms with van der Waals surface area (Å²) >= 11 is 0. The van der Waals surface area contributed by atoms with Gasteiger partial charge >= 0.3 is 0 Å². The second-order valence-corrected chi connectivity index (χ2v) is 4.33. The van der Waals surface area contributed by atoms with Crippen LogP contribution in [0.15, 0.2) is 48.5 Å². The topological polar surface area (TPSA) is 55.2 Å². The first kappa shape index (κ1) is 13.1. The fraction of sp³-hybridized carbons (Fsp3) is 0.200. The minimum atomic E-state index is -0.375. The first-order chi connectivity index (χ1) is 9.19. The molecule has 0 aliphatic rings. The van der Waals surface area contributed by atoms with Crippen LogP contribution in [0.2, 0.25) is 0 Å². The van der Waals surface area contributed by atoms with Crippen molar-refractivity contribution in [1.29, 1.82) is 0 Å². The maximum absolute atomic E-state index is 10.7. The summed E-state index contributed by atoms with van der Waals surface area (Å²) in [6.45, 7) is 2.69. The van der Waals surface area contributed by atoms with E-state index in [0.29, 0.717) is 6.54 Å². The summed E-state index contributed by atoms with van der Waals surface area (Å²) in [5.74, 6) is 0. The van der Waals surface area contributed by atoms with Gasteiger partial charge in [0.1, 0.15) is 0 Å². The Morgan fingerprint density at radius 1 is 1.11 bits per heavy atom. The number of nitrogens with zero attached hydrogens (tertiary/aromatic N) is 1. The van der Waals surface area contributed by atoms with Gasteiger partial charge in [-0.3, -0.25) is 10.1 Å². The molecule has 0 spiro atoms.